The third-order valence-corrected chi connectivity index (χ3v) is 7.28. The van der Waals surface area contributed by atoms with E-state index in [0.29, 0.717) is 18.5 Å². The Kier molecular flexibility index (Phi) is 7.27. The fourth-order valence-corrected chi connectivity index (χ4v) is 5.43. The second-order valence-corrected chi connectivity index (χ2v) is 9.29. The Morgan fingerprint density at radius 2 is 1.87 bits per heavy atom. The van der Waals surface area contributed by atoms with Crippen molar-refractivity contribution in [2.45, 2.75) is 42.4 Å². The van der Waals surface area contributed by atoms with Gasteiger partial charge in [0, 0.05) is 17.3 Å². The molecule has 0 spiro atoms. The first-order chi connectivity index (χ1) is 14.8. The van der Waals surface area contributed by atoms with E-state index < -0.39 is 22.4 Å². The lowest BCUT2D eigenvalue weighted by Crippen LogP contribution is -2.18. The number of carbonyl (C=O) groups is 1. The summed E-state index contributed by atoms with van der Waals surface area (Å²) in [5.41, 5.74) is 0.552. The fourth-order valence-electron chi connectivity index (χ4n) is 3.53. The van der Waals surface area contributed by atoms with Crippen LogP contribution in [0.5, 0.6) is 11.5 Å². The van der Waals surface area contributed by atoms with E-state index in [2.05, 4.69) is 10.1 Å². The quantitative estimate of drug-likeness (QED) is 0.590. The average molecular weight is 451 g/mol. The van der Waals surface area contributed by atoms with E-state index in [1.54, 1.807) is 18.2 Å². The van der Waals surface area contributed by atoms with Crippen LogP contribution in [0.25, 0.3) is 6.08 Å². The molecule has 0 heterocycles. The van der Waals surface area contributed by atoms with Crippen LogP contribution < -0.4 is 14.8 Å². The van der Waals surface area contributed by atoms with Gasteiger partial charge in [0.05, 0.1) is 17.3 Å². The number of ether oxygens (including phenoxy) is 2. The number of para-hydroxylation sites is 1. The van der Waals surface area contributed by atoms with Crippen molar-refractivity contribution in [1.29, 1.82) is 0 Å². The minimum Gasteiger partial charge on any atom is -0.493 e. The van der Waals surface area contributed by atoms with Gasteiger partial charge in [0.2, 0.25) is 5.91 Å². The molecule has 2 aromatic carbocycles. The summed E-state index contributed by atoms with van der Waals surface area (Å²) in [6, 6.07) is 10.6. The molecule has 9 heteroatoms. The summed E-state index contributed by atoms with van der Waals surface area (Å²) in [5, 5.41) is 2.20. The van der Waals surface area contributed by atoms with Gasteiger partial charge in [-0.25, -0.2) is 8.42 Å². The lowest BCUT2D eigenvalue weighted by molar-refractivity contribution is -0.111. The molecule has 2 aromatic rings. The van der Waals surface area contributed by atoms with Crippen molar-refractivity contribution in [2.24, 2.45) is 0 Å². The molecule has 1 saturated carbocycles. The SMILES string of the molecule is COc1cccc(/C=C/C(=O)Nc2cccc(S(=O)(=O)C3CCCC3)c2)c1OC(F)F. The van der Waals surface area contributed by atoms with Gasteiger partial charge in [-0.3, -0.25) is 4.79 Å². The molecule has 6 nitrogen and oxygen atoms in total. The monoisotopic (exact) mass is 451 g/mol. The van der Waals surface area contributed by atoms with Gasteiger partial charge >= 0.3 is 6.61 Å². The van der Waals surface area contributed by atoms with E-state index >= 15 is 0 Å². The molecule has 0 unspecified atom stereocenters. The molecule has 0 aliphatic heterocycles. The van der Waals surface area contributed by atoms with Crippen LogP contribution in [0.1, 0.15) is 31.2 Å². The highest BCUT2D eigenvalue weighted by atomic mass is 32.2. The van der Waals surface area contributed by atoms with Crippen LogP contribution in [0, 0.1) is 0 Å². The number of hydrogen-bond donors (Lipinski definition) is 1. The smallest absolute Gasteiger partial charge is 0.387 e. The summed E-state index contributed by atoms with van der Waals surface area (Å²) >= 11 is 0. The molecule has 0 atom stereocenters. The molecule has 3 rings (SSSR count). The van der Waals surface area contributed by atoms with Crippen LogP contribution in [-0.2, 0) is 14.6 Å². The summed E-state index contributed by atoms with van der Waals surface area (Å²) < 4.78 is 60.5. The van der Waals surface area contributed by atoms with Crippen molar-refractivity contribution in [2.75, 3.05) is 12.4 Å². The molecular formula is C22H23F2NO5S. The topological polar surface area (TPSA) is 81.7 Å². The van der Waals surface area contributed by atoms with Gasteiger partial charge in [-0.15, -0.1) is 0 Å². The fraction of sp³-hybridized carbons (Fsp3) is 0.318. The molecule has 0 saturated heterocycles. The summed E-state index contributed by atoms with van der Waals surface area (Å²) in [6.07, 6.45) is 5.54. The Hall–Kier alpha value is -2.94. The minimum atomic E-state index is -3.45. The van der Waals surface area contributed by atoms with Crippen LogP contribution >= 0.6 is 0 Å². The number of alkyl halides is 2. The summed E-state index contributed by atoms with van der Waals surface area (Å²) in [5.74, 6) is -0.636. The molecular weight excluding hydrogens is 428 g/mol. The number of methoxy groups -OCH3 is 1. The molecule has 1 aliphatic rings. The lowest BCUT2D eigenvalue weighted by atomic mass is 10.1. The molecule has 166 valence electrons. The molecule has 1 N–H and O–H groups in total. The Labute approximate surface area is 179 Å². The highest BCUT2D eigenvalue weighted by Crippen LogP contribution is 2.33. The Bertz CT molecular complexity index is 1060. The number of rotatable bonds is 8. The predicted molar refractivity (Wildman–Crippen MR) is 113 cm³/mol. The molecule has 1 fully saturated rings. The van der Waals surface area contributed by atoms with Crippen molar-refractivity contribution in [3.05, 3.63) is 54.1 Å². The van der Waals surface area contributed by atoms with E-state index in [9.17, 15) is 22.0 Å². The van der Waals surface area contributed by atoms with Gasteiger partial charge in [-0.05, 0) is 43.2 Å². The van der Waals surface area contributed by atoms with Crippen LogP contribution in [-0.4, -0.2) is 33.3 Å². The van der Waals surface area contributed by atoms with Gasteiger partial charge in [0.25, 0.3) is 0 Å². The summed E-state index contributed by atoms with van der Waals surface area (Å²) in [7, 11) is -2.13. The van der Waals surface area contributed by atoms with Gasteiger partial charge in [0.1, 0.15) is 0 Å². The molecule has 1 amide bonds. The maximum absolute atomic E-state index is 12.8. The number of benzene rings is 2. The standard InChI is InChI=1S/C22H23F2NO5S/c1-29-19-11-4-6-15(21(19)30-22(23)24)12-13-20(26)25-16-7-5-10-18(14-16)31(27,28)17-8-2-3-9-17/h4-7,10-14,17,22H,2-3,8-9H2,1H3,(H,25,26)/b13-12+. The van der Waals surface area contributed by atoms with E-state index in [1.165, 1.54) is 37.5 Å². The van der Waals surface area contributed by atoms with Crippen LogP contribution in [0.2, 0.25) is 0 Å². The average Bonchev–Trinajstić information content (AvgIpc) is 3.28. The van der Waals surface area contributed by atoms with Crippen molar-refractivity contribution >= 4 is 27.5 Å². The summed E-state index contributed by atoms with van der Waals surface area (Å²) in [6.45, 7) is -3.05. The van der Waals surface area contributed by atoms with Gasteiger partial charge in [-0.1, -0.05) is 31.0 Å². The maximum Gasteiger partial charge on any atom is 0.387 e. The summed E-state index contributed by atoms with van der Waals surface area (Å²) in [4.78, 5) is 12.5. The van der Waals surface area contributed by atoms with Crippen LogP contribution in [0.4, 0.5) is 14.5 Å². The number of carbonyl (C=O) groups excluding carboxylic acids is 1. The third-order valence-electron chi connectivity index (χ3n) is 5.02. The second-order valence-electron chi connectivity index (χ2n) is 7.06. The first-order valence-electron chi connectivity index (χ1n) is 9.76. The molecule has 0 aromatic heterocycles. The Balaban J connectivity index is 1.75. The van der Waals surface area contributed by atoms with E-state index in [4.69, 9.17) is 4.74 Å². The second kappa shape index (κ2) is 9.91. The molecule has 0 radical (unpaired) electrons. The minimum absolute atomic E-state index is 0.104. The van der Waals surface area contributed by atoms with E-state index in [0.717, 1.165) is 18.9 Å². The number of anilines is 1. The number of nitrogens with one attached hydrogen (secondary N) is 1. The first-order valence-corrected chi connectivity index (χ1v) is 11.3. The predicted octanol–water partition coefficient (Wildman–Crippen LogP) is 4.66. The van der Waals surface area contributed by atoms with Crippen molar-refractivity contribution < 1.29 is 31.5 Å². The van der Waals surface area contributed by atoms with Crippen LogP contribution in [0.3, 0.4) is 0 Å². The Morgan fingerprint density at radius 3 is 2.55 bits per heavy atom. The largest absolute Gasteiger partial charge is 0.493 e. The van der Waals surface area contributed by atoms with Crippen LogP contribution in [0.15, 0.2) is 53.4 Å². The molecule has 31 heavy (non-hydrogen) atoms. The number of sulfone groups is 1. The first kappa shape index (κ1) is 22.7. The van der Waals surface area contributed by atoms with Gasteiger partial charge < -0.3 is 14.8 Å². The molecule has 1 aliphatic carbocycles. The van der Waals surface area contributed by atoms with Crippen molar-refractivity contribution in [3.8, 4) is 11.5 Å². The lowest BCUT2D eigenvalue weighted by Gasteiger charge is -2.13. The van der Waals surface area contributed by atoms with Gasteiger partial charge in [-0.2, -0.15) is 8.78 Å². The molecule has 0 bridgehead atoms. The van der Waals surface area contributed by atoms with Gasteiger partial charge in [0.15, 0.2) is 21.3 Å². The number of halogens is 2. The number of hydrogen-bond acceptors (Lipinski definition) is 5. The van der Waals surface area contributed by atoms with E-state index in [-0.39, 0.29) is 27.2 Å². The zero-order valence-corrected chi connectivity index (χ0v) is 17.7. The zero-order chi connectivity index (χ0) is 22.4. The number of amides is 1. The van der Waals surface area contributed by atoms with Crippen molar-refractivity contribution in [1.82, 2.24) is 0 Å². The third kappa shape index (κ3) is 5.61. The zero-order valence-electron chi connectivity index (χ0n) is 16.9. The van der Waals surface area contributed by atoms with Crippen molar-refractivity contribution in [3.63, 3.8) is 0 Å². The normalized spacial score (nSPS) is 14.8. The highest BCUT2D eigenvalue weighted by molar-refractivity contribution is 7.92. The highest BCUT2D eigenvalue weighted by Gasteiger charge is 2.30. The maximum atomic E-state index is 12.8. The van der Waals surface area contributed by atoms with E-state index in [1.807, 2.05) is 0 Å². The Morgan fingerprint density at radius 1 is 1.16 bits per heavy atom.